The van der Waals surface area contributed by atoms with Gasteiger partial charge in [0, 0.05) is 31.2 Å². The van der Waals surface area contributed by atoms with E-state index in [4.69, 9.17) is 0 Å². The predicted molar refractivity (Wildman–Crippen MR) is 103 cm³/mol. The van der Waals surface area contributed by atoms with Crippen LogP contribution in [0.1, 0.15) is 46.8 Å². The highest BCUT2D eigenvalue weighted by molar-refractivity contribution is 5.94. The van der Waals surface area contributed by atoms with Crippen LogP contribution in [0, 0.1) is 5.92 Å². The summed E-state index contributed by atoms with van der Waals surface area (Å²) >= 11 is 0. The van der Waals surface area contributed by atoms with Crippen molar-refractivity contribution in [3.8, 4) is 0 Å². The van der Waals surface area contributed by atoms with Crippen LogP contribution in [0.2, 0.25) is 0 Å². The van der Waals surface area contributed by atoms with E-state index in [-0.39, 0.29) is 18.3 Å². The lowest BCUT2D eigenvalue weighted by Crippen LogP contribution is -2.39. The van der Waals surface area contributed by atoms with Gasteiger partial charge in [0.1, 0.15) is 0 Å². The number of fused-ring (bicyclic) bond motifs is 1. The molecule has 4 rings (SSSR count). The molecule has 0 bridgehead atoms. The Morgan fingerprint density at radius 1 is 1.12 bits per heavy atom. The number of hydrogen-bond acceptors (Lipinski definition) is 2. The Labute approximate surface area is 155 Å². The van der Waals surface area contributed by atoms with Crippen molar-refractivity contribution in [1.82, 2.24) is 10.2 Å². The van der Waals surface area contributed by atoms with Gasteiger partial charge in [-0.1, -0.05) is 36.4 Å². The van der Waals surface area contributed by atoms with Crippen LogP contribution in [0.3, 0.4) is 0 Å². The molecule has 4 heteroatoms. The lowest BCUT2D eigenvalue weighted by atomic mass is 10.0. The number of nitrogens with one attached hydrogen (secondary N) is 1. The maximum absolute atomic E-state index is 13.2. The molecule has 2 aromatic rings. The summed E-state index contributed by atoms with van der Waals surface area (Å²) in [5.41, 5.74) is 4.60. The highest BCUT2D eigenvalue weighted by Crippen LogP contribution is 2.36. The molecule has 1 heterocycles. The third kappa shape index (κ3) is 3.88. The third-order valence-corrected chi connectivity index (χ3v) is 5.34. The molecule has 0 spiro atoms. The van der Waals surface area contributed by atoms with Crippen LogP contribution in [0.4, 0.5) is 0 Å². The SMILES string of the molecule is CC(C1CC1)N(Cc1ccccc1)C(=O)c1ccc2c(c1)CNC2.Cl. The molecule has 1 fully saturated rings. The zero-order chi connectivity index (χ0) is 16.5. The molecule has 0 aromatic heterocycles. The number of halogens is 1. The number of rotatable bonds is 5. The van der Waals surface area contributed by atoms with Gasteiger partial charge in [-0.15, -0.1) is 12.4 Å². The normalized spacial score (nSPS) is 16.7. The lowest BCUT2D eigenvalue weighted by molar-refractivity contribution is 0.0654. The summed E-state index contributed by atoms with van der Waals surface area (Å²) in [5.74, 6) is 0.821. The van der Waals surface area contributed by atoms with Gasteiger partial charge in [0.05, 0.1) is 0 Å². The molecule has 25 heavy (non-hydrogen) atoms. The Hall–Kier alpha value is -1.84. The van der Waals surface area contributed by atoms with Crippen molar-refractivity contribution in [2.45, 2.75) is 45.4 Å². The molecular formula is C21H25ClN2O. The second-order valence-corrected chi connectivity index (χ2v) is 7.08. The van der Waals surface area contributed by atoms with Crippen LogP contribution in [0.25, 0.3) is 0 Å². The Morgan fingerprint density at radius 3 is 2.56 bits per heavy atom. The first-order valence-corrected chi connectivity index (χ1v) is 8.90. The number of carbonyl (C=O) groups is 1. The van der Waals surface area contributed by atoms with Gasteiger partial charge >= 0.3 is 0 Å². The van der Waals surface area contributed by atoms with Crippen molar-refractivity contribution in [2.75, 3.05) is 0 Å². The van der Waals surface area contributed by atoms with E-state index in [0.29, 0.717) is 18.5 Å². The van der Waals surface area contributed by atoms with Gasteiger partial charge in [-0.2, -0.15) is 0 Å². The minimum Gasteiger partial charge on any atom is -0.331 e. The number of nitrogens with zero attached hydrogens (tertiary/aromatic N) is 1. The minimum absolute atomic E-state index is 0. The van der Waals surface area contributed by atoms with Gasteiger partial charge < -0.3 is 10.2 Å². The summed E-state index contributed by atoms with van der Waals surface area (Å²) in [7, 11) is 0. The van der Waals surface area contributed by atoms with Gasteiger partial charge in [0.25, 0.3) is 5.91 Å². The summed E-state index contributed by atoms with van der Waals surface area (Å²) in [6.45, 7) is 4.67. The summed E-state index contributed by atoms with van der Waals surface area (Å²) < 4.78 is 0. The first-order valence-electron chi connectivity index (χ1n) is 8.90. The number of carbonyl (C=O) groups excluding carboxylic acids is 1. The zero-order valence-electron chi connectivity index (χ0n) is 14.6. The van der Waals surface area contributed by atoms with Gasteiger partial charge in [0.2, 0.25) is 0 Å². The molecule has 1 unspecified atom stereocenters. The Balaban J connectivity index is 0.00000182. The molecule has 132 valence electrons. The van der Waals surface area contributed by atoms with E-state index < -0.39 is 0 Å². The Kier molecular flexibility index (Phi) is 5.45. The van der Waals surface area contributed by atoms with E-state index in [2.05, 4.69) is 41.4 Å². The molecule has 1 saturated carbocycles. The molecule has 1 aliphatic carbocycles. The van der Waals surface area contributed by atoms with E-state index in [0.717, 1.165) is 18.7 Å². The molecule has 1 aliphatic heterocycles. The highest BCUT2D eigenvalue weighted by Gasteiger charge is 2.34. The molecule has 1 N–H and O–H groups in total. The van der Waals surface area contributed by atoms with Crippen LogP contribution < -0.4 is 5.32 Å². The maximum atomic E-state index is 13.2. The van der Waals surface area contributed by atoms with Crippen molar-refractivity contribution in [1.29, 1.82) is 0 Å². The largest absolute Gasteiger partial charge is 0.331 e. The van der Waals surface area contributed by atoms with Crippen LogP contribution in [-0.4, -0.2) is 16.8 Å². The van der Waals surface area contributed by atoms with E-state index in [1.807, 2.05) is 24.3 Å². The van der Waals surface area contributed by atoms with Crippen molar-refractivity contribution in [3.63, 3.8) is 0 Å². The number of benzene rings is 2. The van der Waals surface area contributed by atoms with Gasteiger partial charge in [-0.05, 0) is 54.5 Å². The fourth-order valence-corrected chi connectivity index (χ4v) is 3.61. The molecule has 2 aliphatic rings. The molecule has 2 aromatic carbocycles. The summed E-state index contributed by atoms with van der Waals surface area (Å²) in [5, 5.41) is 3.35. The molecule has 1 amide bonds. The van der Waals surface area contributed by atoms with E-state index in [1.165, 1.54) is 29.5 Å². The zero-order valence-corrected chi connectivity index (χ0v) is 15.4. The Bertz CT molecular complexity index is 743. The average Bonchev–Trinajstić information content (AvgIpc) is 3.36. The van der Waals surface area contributed by atoms with Crippen LogP contribution >= 0.6 is 12.4 Å². The quantitative estimate of drug-likeness (QED) is 0.872. The van der Waals surface area contributed by atoms with Crippen molar-refractivity contribution >= 4 is 18.3 Å². The van der Waals surface area contributed by atoms with Crippen molar-refractivity contribution in [3.05, 3.63) is 70.8 Å². The Morgan fingerprint density at radius 2 is 1.84 bits per heavy atom. The first kappa shape index (κ1) is 18.0. The summed E-state index contributed by atoms with van der Waals surface area (Å²) in [4.78, 5) is 15.3. The molecule has 0 radical (unpaired) electrons. The van der Waals surface area contributed by atoms with Crippen LogP contribution in [0.5, 0.6) is 0 Å². The van der Waals surface area contributed by atoms with Crippen molar-refractivity contribution < 1.29 is 4.79 Å². The van der Waals surface area contributed by atoms with E-state index in [9.17, 15) is 4.79 Å². The number of hydrogen-bond donors (Lipinski definition) is 1. The summed E-state index contributed by atoms with van der Waals surface area (Å²) in [6.07, 6.45) is 2.49. The van der Waals surface area contributed by atoms with Gasteiger partial charge in [-0.25, -0.2) is 0 Å². The lowest BCUT2D eigenvalue weighted by Gasteiger charge is -2.30. The monoisotopic (exact) mass is 356 g/mol. The third-order valence-electron chi connectivity index (χ3n) is 5.34. The maximum Gasteiger partial charge on any atom is 0.254 e. The second-order valence-electron chi connectivity index (χ2n) is 7.08. The first-order chi connectivity index (χ1) is 11.7. The topological polar surface area (TPSA) is 32.3 Å². The molecular weight excluding hydrogens is 332 g/mol. The summed E-state index contributed by atoms with van der Waals surface area (Å²) in [6, 6.07) is 16.8. The smallest absolute Gasteiger partial charge is 0.254 e. The number of amides is 1. The van der Waals surface area contributed by atoms with Crippen LogP contribution in [-0.2, 0) is 19.6 Å². The molecule has 3 nitrogen and oxygen atoms in total. The molecule has 0 saturated heterocycles. The van der Waals surface area contributed by atoms with Crippen LogP contribution in [0.15, 0.2) is 48.5 Å². The van der Waals surface area contributed by atoms with Crippen molar-refractivity contribution in [2.24, 2.45) is 5.92 Å². The van der Waals surface area contributed by atoms with E-state index >= 15 is 0 Å². The van der Waals surface area contributed by atoms with Gasteiger partial charge in [0.15, 0.2) is 0 Å². The highest BCUT2D eigenvalue weighted by atomic mass is 35.5. The second kappa shape index (κ2) is 7.59. The average molecular weight is 357 g/mol. The fourth-order valence-electron chi connectivity index (χ4n) is 3.61. The fraction of sp³-hybridized carbons (Fsp3) is 0.381. The molecule has 1 atom stereocenters. The van der Waals surface area contributed by atoms with Gasteiger partial charge in [-0.3, -0.25) is 4.79 Å². The van der Waals surface area contributed by atoms with E-state index in [1.54, 1.807) is 0 Å². The standard InChI is InChI=1S/C21H24N2O.ClH/c1-15(17-7-8-17)23(14-16-5-3-2-4-6-16)21(24)18-9-10-19-12-22-13-20(19)11-18;/h2-6,9-11,15,17,22H,7-8,12-14H2,1H3;1H. The predicted octanol–water partition coefficient (Wildman–Crippen LogP) is 4.15. The minimum atomic E-state index is 0.